The Hall–Kier alpha value is -2.68. The molecule has 0 spiro atoms. The summed E-state index contributed by atoms with van der Waals surface area (Å²) in [6.07, 6.45) is 4.24. The number of carbonyl (C=O) groups is 1. The SMILES string of the molecule is O=C(Cc1ccncc1)N[C@@H](Cc1coc2ccccc12)OB(O)O. The van der Waals surface area contributed by atoms with Crippen LogP contribution in [0, 0.1) is 0 Å². The first-order chi connectivity index (χ1) is 12.1. The van der Waals surface area contributed by atoms with Gasteiger partial charge in [-0.05, 0) is 23.8 Å². The molecule has 0 bridgehead atoms. The molecule has 0 unspecified atom stereocenters. The first-order valence-corrected chi connectivity index (χ1v) is 7.77. The summed E-state index contributed by atoms with van der Waals surface area (Å²) in [7, 11) is -2.00. The summed E-state index contributed by atoms with van der Waals surface area (Å²) in [5, 5.41) is 21.8. The summed E-state index contributed by atoms with van der Waals surface area (Å²) < 4.78 is 10.5. The van der Waals surface area contributed by atoms with E-state index in [-0.39, 0.29) is 18.7 Å². The second kappa shape index (κ2) is 7.93. The molecule has 128 valence electrons. The quantitative estimate of drug-likeness (QED) is 0.439. The minimum Gasteiger partial charge on any atom is -0.464 e. The predicted molar refractivity (Wildman–Crippen MR) is 91.1 cm³/mol. The number of pyridine rings is 1. The fourth-order valence-electron chi connectivity index (χ4n) is 2.59. The van der Waals surface area contributed by atoms with E-state index in [0.717, 1.165) is 16.5 Å². The van der Waals surface area contributed by atoms with Gasteiger partial charge in [0.2, 0.25) is 5.91 Å². The zero-order valence-electron chi connectivity index (χ0n) is 13.3. The van der Waals surface area contributed by atoms with Gasteiger partial charge in [0.25, 0.3) is 0 Å². The van der Waals surface area contributed by atoms with Crippen LogP contribution in [0.1, 0.15) is 11.1 Å². The van der Waals surface area contributed by atoms with Crippen LogP contribution in [-0.2, 0) is 22.3 Å². The topological polar surface area (TPSA) is 105 Å². The Morgan fingerprint density at radius 3 is 2.76 bits per heavy atom. The van der Waals surface area contributed by atoms with Crippen LogP contribution in [0.2, 0.25) is 0 Å². The molecule has 0 aliphatic carbocycles. The van der Waals surface area contributed by atoms with Crippen LogP contribution >= 0.6 is 0 Å². The van der Waals surface area contributed by atoms with E-state index in [1.54, 1.807) is 30.8 Å². The minimum absolute atomic E-state index is 0.135. The van der Waals surface area contributed by atoms with Gasteiger partial charge in [0.05, 0.1) is 12.7 Å². The molecule has 0 aliphatic rings. The Balaban J connectivity index is 1.70. The largest absolute Gasteiger partial charge is 0.635 e. The van der Waals surface area contributed by atoms with Crippen molar-refractivity contribution in [1.82, 2.24) is 10.3 Å². The predicted octanol–water partition coefficient (Wildman–Crippen LogP) is 1.04. The number of hydrogen-bond acceptors (Lipinski definition) is 6. The molecule has 25 heavy (non-hydrogen) atoms. The number of fused-ring (bicyclic) bond motifs is 1. The molecule has 2 aromatic heterocycles. The molecule has 7 nitrogen and oxygen atoms in total. The van der Waals surface area contributed by atoms with E-state index >= 15 is 0 Å². The van der Waals surface area contributed by atoms with Crippen LogP contribution in [-0.4, -0.2) is 34.5 Å². The number of nitrogens with zero attached hydrogens (tertiary/aromatic N) is 1. The van der Waals surface area contributed by atoms with Gasteiger partial charge in [-0.2, -0.15) is 0 Å². The lowest BCUT2D eigenvalue weighted by Gasteiger charge is -2.19. The third-order valence-electron chi connectivity index (χ3n) is 3.69. The lowest BCUT2D eigenvalue weighted by atomic mass is 10.1. The number of furan rings is 1. The number of hydrogen-bond donors (Lipinski definition) is 3. The maximum atomic E-state index is 12.2. The van der Waals surface area contributed by atoms with E-state index in [9.17, 15) is 4.79 Å². The standard InChI is InChI=1S/C17H17BN2O5/c21-16(9-12-5-7-19-8-6-12)20-17(25-18(22)23)10-13-11-24-15-4-2-1-3-14(13)15/h1-8,11,17,22-23H,9-10H2,(H,20,21)/t17-/m1/s1. The summed E-state index contributed by atoms with van der Waals surface area (Å²) in [6.45, 7) is 0. The Kier molecular flexibility index (Phi) is 5.44. The van der Waals surface area contributed by atoms with E-state index in [0.29, 0.717) is 5.58 Å². The van der Waals surface area contributed by atoms with Gasteiger partial charge in [0, 0.05) is 29.8 Å². The highest BCUT2D eigenvalue weighted by molar-refractivity contribution is 6.32. The Morgan fingerprint density at radius 2 is 2.00 bits per heavy atom. The van der Waals surface area contributed by atoms with Crippen molar-refractivity contribution in [2.45, 2.75) is 19.1 Å². The van der Waals surface area contributed by atoms with Gasteiger partial charge in [0.1, 0.15) is 11.8 Å². The number of aromatic nitrogens is 1. The zero-order valence-corrected chi connectivity index (χ0v) is 13.3. The van der Waals surface area contributed by atoms with Crippen LogP contribution in [0.3, 0.4) is 0 Å². The molecule has 0 saturated heterocycles. The Bertz CT molecular complexity index is 837. The molecule has 3 aromatic rings. The van der Waals surface area contributed by atoms with Gasteiger partial charge in [0.15, 0.2) is 0 Å². The summed E-state index contributed by atoms with van der Waals surface area (Å²) in [4.78, 5) is 16.1. The molecule has 0 saturated carbocycles. The molecular formula is C17H17BN2O5. The van der Waals surface area contributed by atoms with E-state index in [2.05, 4.69) is 10.3 Å². The Morgan fingerprint density at radius 1 is 1.24 bits per heavy atom. The van der Waals surface area contributed by atoms with E-state index in [1.807, 2.05) is 24.3 Å². The zero-order chi connectivity index (χ0) is 17.6. The lowest BCUT2D eigenvalue weighted by Crippen LogP contribution is -2.43. The second-order valence-electron chi connectivity index (χ2n) is 5.51. The number of rotatable bonds is 7. The summed E-state index contributed by atoms with van der Waals surface area (Å²) in [5.74, 6) is -0.301. The number of para-hydroxylation sites is 1. The molecule has 1 atom stereocenters. The maximum absolute atomic E-state index is 12.2. The number of amides is 1. The van der Waals surface area contributed by atoms with Crippen molar-refractivity contribution in [3.8, 4) is 0 Å². The normalized spacial score (nSPS) is 12.1. The van der Waals surface area contributed by atoms with Gasteiger partial charge in [-0.3, -0.25) is 9.78 Å². The summed E-state index contributed by atoms with van der Waals surface area (Å²) in [5.41, 5.74) is 2.30. The van der Waals surface area contributed by atoms with E-state index < -0.39 is 13.5 Å². The van der Waals surface area contributed by atoms with Crippen molar-refractivity contribution in [2.75, 3.05) is 0 Å². The third kappa shape index (κ3) is 4.66. The number of carbonyl (C=O) groups excluding carboxylic acids is 1. The number of nitrogens with one attached hydrogen (secondary N) is 1. The van der Waals surface area contributed by atoms with Gasteiger partial charge in [-0.15, -0.1) is 0 Å². The fourth-order valence-corrected chi connectivity index (χ4v) is 2.59. The first-order valence-electron chi connectivity index (χ1n) is 7.77. The van der Waals surface area contributed by atoms with Gasteiger partial charge in [-0.1, -0.05) is 18.2 Å². The van der Waals surface area contributed by atoms with Crippen molar-refractivity contribution in [1.29, 1.82) is 0 Å². The van der Waals surface area contributed by atoms with Crippen molar-refractivity contribution in [3.05, 3.63) is 66.2 Å². The first kappa shape index (κ1) is 17.2. The highest BCUT2D eigenvalue weighted by Gasteiger charge is 2.22. The summed E-state index contributed by atoms with van der Waals surface area (Å²) >= 11 is 0. The van der Waals surface area contributed by atoms with Crippen LogP contribution in [0.15, 0.2) is 59.5 Å². The van der Waals surface area contributed by atoms with E-state index in [1.165, 1.54) is 0 Å². The minimum atomic E-state index is -2.00. The molecule has 1 amide bonds. The van der Waals surface area contributed by atoms with Crippen molar-refractivity contribution < 1.29 is 23.9 Å². The average Bonchev–Trinajstić information content (AvgIpc) is 2.98. The van der Waals surface area contributed by atoms with Crippen LogP contribution in [0.5, 0.6) is 0 Å². The maximum Gasteiger partial charge on any atom is 0.635 e. The molecule has 3 N–H and O–H groups in total. The number of benzene rings is 1. The molecule has 0 aliphatic heterocycles. The van der Waals surface area contributed by atoms with Gasteiger partial charge in [-0.25, -0.2) is 0 Å². The van der Waals surface area contributed by atoms with Crippen LogP contribution in [0.4, 0.5) is 0 Å². The molecule has 1 aromatic carbocycles. The van der Waals surface area contributed by atoms with E-state index in [4.69, 9.17) is 19.1 Å². The highest BCUT2D eigenvalue weighted by atomic mass is 16.6. The lowest BCUT2D eigenvalue weighted by molar-refractivity contribution is -0.123. The molecule has 0 fully saturated rings. The van der Waals surface area contributed by atoms with Gasteiger partial charge >= 0.3 is 7.32 Å². The average molecular weight is 340 g/mol. The Labute approximate surface area is 144 Å². The van der Waals surface area contributed by atoms with Crippen molar-refractivity contribution in [3.63, 3.8) is 0 Å². The third-order valence-corrected chi connectivity index (χ3v) is 3.69. The van der Waals surface area contributed by atoms with Crippen molar-refractivity contribution in [2.24, 2.45) is 0 Å². The second-order valence-corrected chi connectivity index (χ2v) is 5.51. The van der Waals surface area contributed by atoms with Crippen LogP contribution in [0.25, 0.3) is 11.0 Å². The van der Waals surface area contributed by atoms with Crippen LogP contribution < -0.4 is 5.32 Å². The highest BCUT2D eigenvalue weighted by Crippen LogP contribution is 2.22. The monoisotopic (exact) mass is 340 g/mol. The van der Waals surface area contributed by atoms with Gasteiger partial charge < -0.3 is 24.4 Å². The molecule has 2 heterocycles. The van der Waals surface area contributed by atoms with Crippen molar-refractivity contribution >= 4 is 24.2 Å². The smallest absolute Gasteiger partial charge is 0.464 e. The fraction of sp³-hybridized carbons (Fsp3) is 0.176. The molecule has 0 radical (unpaired) electrons. The molecule has 8 heteroatoms. The molecule has 3 rings (SSSR count). The molecular weight excluding hydrogens is 323 g/mol. The summed E-state index contributed by atoms with van der Waals surface area (Å²) in [6, 6.07) is 10.9.